The number of sulfonamides is 2. The summed E-state index contributed by atoms with van der Waals surface area (Å²) in [5, 5.41) is 0. The van der Waals surface area contributed by atoms with Crippen molar-refractivity contribution in [2.24, 2.45) is 0 Å². The van der Waals surface area contributed by atoms with Gasteiger partial charge >= 0.3 is 0 Å². The Bertz CT molecular complexity index is 1090. The first kappa shape index (κ1) is 21.8. The maximum absolute atomic E-state index is 13.0. The third-order valence-corrected chi connectivity index (χ3v) is 9.14. The molecular formula is C20H27N3O4S2. The van der Waals surface area contributed by atoms with Crippen molar-refractivity contribution in [2.45, 2.75) is 23.6 Å². The minimum Gasteiger partial charge on any atom is -0.369 e. The summed E-state index contributed by atoms with van der Waals surface area (Å²) in [6.45, 7) is 6.13. The summed E-state index contributed by atoms with van der Waals surface area (Å²) >= 11 is 0. The first-order chi connectivity index (χ1) is 13.5. The molecule has 0 aromatic heterocycles. The lowest BCUT2D eigenvalue weighted by Gasteiger charge is -2.36. The zero-order valence-electron chi connectivity index (χ0n) is 17.2. The fourth-order valence-corrected chi connectivity index (χ4v) is 5.71. The minimum absolute atomic E-state index is 0.0705. The van der Waals surface area contributed by atoms with E-state index in [1.165, 1.54) is 53.8 Å². The second-order valence-corrected chi connectivity index (χ2v) is 11.5. The Hall–Kier alpha value is -1.94. The Morgan fingerprint density at radius 1 is 0.793 bits per heavy atom. The summed E-state index contributed by atoms with van der Waals surface area (Å²) in [7, 11) is -4.38. The Morgan fingerprint density at radius 3 is 1.90 bits per heavy atom. The van der Waals surface area contributed by atoms with Crippen molar-refractivity contribution in [2.75, 3.05) is 45.2 Å². The molecule has 9 heteroatoms. The van der Waals surface area contributed by atoms with Crippen molar-refractivity contribution in [1.29, 1.82) is 0 Å². The first-order valence-electron chi connectivity index (χ1n) is 9.39. The van der Waals surface area contributed by atoms with Crippen molar-refractivity contribution < 1.29 is 16.8 Å². The summed E-state index contributed by atoms with van der Waals surface area (Å²) in [5.74, 6) is 0. The summed E-state index contributed by atoms with van der Waals surface area (Å²) < 4.78 is 52.9. The van der Waals surface area contributed by atoms with Gasteiger partial charge in [-0.05, 0) is 55.3 Å². The smallest absolute Gasteiger partial charge is 0.243 e. The third kappa shape index (κ3) is 4.18. The van der Waals surface area contributed by atoms with E-state index in [9.17, 15) is 16.8 Å². The molecular weight excluding hydrogens is 410 g/mol. The largest absolute Gasteiger partial charge is 0.369 e. The maximum atomic E-state index is 13.0. The quantitative estimate of drug-likeness (QED) is 0.716. The van der Waals surface area contributed by atoms with Gasteiger partial charge in [0, 0.05) is 46.0 Å². The van der Waals surface area contributed by atoms with Gasteiger partial charge in [0.2, 0.25) is 20.0 Å². The molecule has 158 valence electrons. The lowest BCUT2D eigenvalue weighted by Crippen LogP contribution is -2.48. The predicted molar refractivity (Wildman–Crippen MR) is 114 cm³/mol. The molecule has 0 amide bonds. The average molecular weight is 438 g/mol. The minimum atomic E-state index is -3.67. The van der Waals surface area contributed by atoms with Crippen LogP contribution in [-0.2, 0) is 20.0 Å². The molecule has 29 heavy (non-hydrogen) atoms. The van der Waals surface area contributed by atoms with Crippen LogP contribution in [0.25, 0.3) is 0 Å². The fraction of sp³-hybridized carbons (Fsp3) is 0.400. The molecule has 1 aliphatic heterocycles. The van der Waals surface area contributed by atoms with E-state index in [0.717, 1.165) is 9.99 Å². The molecule has 1 fully saturated rings. The predicted octanol–water partition coefficient (Wildman–Crippen LogP) is 2.06. The molecule has 0 bridgehead atoms. The van der Waals surface area contributed by atoms with E-state index in [2.05, 4.69) is 30.9 Å². The van der Waals surface area contributed by atoms with E-state index in [4.69, 9.17) is 0 Å². The second-order valence-electron chi connectivity index (χ2n) is 7.37. The van der Waals surface area contributed by atoms with E-state index >= 15 is 0 Å². The molecule has 2 aromatic rings. The Labute approximate surface area is 173 Å². The SMILES string of the molecule is Cc1cccc(N2CCN(S(=O)(=O)c3ccc(S(=O)(=O)N(C)C)cc3)CC2)c1C. The van der Waals surface area contributed by atoms with Crippen molar-refractivity contribution in [3.8, 4) is 0 Å². The van der Waals surface area contributed by atoms with Crippen molar-refractivity contribution >= 4 is 25.7 Å². The Kier molecular flexibility index (Phi) is 6.05. The van der Waals surface area contributed by atoms with Gasteiger partial charge in [-0.1, -0.05) is 12.1 Å². The standard InChI is InChI=1S/C20H27N3O4S2/c1-16-6-5-7-20(17(16)2)22-12-14-23(15-13-22)29(26,27)19-10-8-18(9-11-19)28(24,25)21(3)4/h5-11H,12-15H2,1-4H3. The summed E-state index contributed by atoms with van der Waals surface area (Å²) in [5.41, 5.74) is 3.56. The van der Waals surface area contributed by atoms with Crippen LogP contribution in [0.3, 0.4) is 0 Å². The second kappa shape index (κ2) is 8.06. The molecule has 0 spiro atoms. The van der Waals surface area contributed by atoms with Gasteiger partial charge in [0.25, 0.3) is 0 Å². The number of hydrogen-bond acceptors (Lipinski definition) is 5. The number of anilines is 1. The molecule has 3 rings (SSSR count). The fourth-order valence-electron chi connectivity index (χ4n) is 3.39. The van der Waals surface area contributed by atoms with E-state index < -0.39 is 20.0 Å². The van der Waals surface area contributed by atoms with Gasteiger partial charge in [0.15, 0.2) is 0 Å². The highest BCUT2D eigenvalue weighted by Gasteiger charge is 2.29. The van der Waals surface area contributed by atoms with Gasteiger partial charge in [-0.15, -0.1) is 0 Å². The van der Waals surface area contributed by atoms with Gasteiger partial charge in [-0.3, -0.25) is 0 Å². The molecule has 1 saturated heterocycles. The van der Waals surface area contributed by atoms with Crippen LogP contribution in [0.4, 0.5) is 5.69 Å². The van der Waals surface area contributed by atoms with Crippen LogP contribution in [-0.4, -0.2) is 65.7 Å². The summed E-state index contributed by atoms with van der Waals surface area (Å²) in [6.07, 6.45) is 0. The maximum Gasteiger partial charge on any atom is 0.243 e. The highest BCUT2D eigenvalue weighted by molar-refractivity contribution is 7.89. The highest BCUT2D eigenvalue weighted by Crippen LogP contribution is 2.26. The highest BCUT2D eigenvalue weighted by atomic mass is 32.2. The van der Waals surface area contributed by atoms with Crippen LogP contribution in [0, 0.1) is 13.8 Å². The topological polar surface area (TPSA) is 78.0 Å². The van der Waals surface area contributed by atoms with Crippen LogP contribution >= 0.6 is 0 Å². The Balaban J connectivity index is 1.76. The van der Waals surface area contributed by atoms with Crippen LogP contribution < -0.4 is 4.90 Å². The number of piperazine rings is 1. The van der Waals surface area contributed by atoms with E-state index in [1.54, 1.807) is 0 Å². The third-order valence-electron chi connectivity index (χ3n) is 5.40. The zero-order chi connectivity index (χ0) is 21.4. The summed E-state index contributed by atoms with van der Waals surface area (Å²) in [6, 6.07) is 11.6. The van der Waals surface area contributed by atoms with E-state index in [-0.39, 0.29) is 9.79 Å². The van der Waals surface area contributed by atoms with E-state index in [1.807, 2.05) is 6.07 Å². The van der Waals surface area contributed by atoms with Gasteiger partial charge in [-0.2, -0.15) is 4.31 Å². The monoisotopic (exact) mass is 437 g/mol. The van der Waals surface area contributed by atoms with Gasteiger partial charge < -0.3 is 4.90 Å². The van der Waals surface area contributed by atoms with Crippen molar-refractivity contribution in [3.05, 3.63) is 53.6 Å². The van der Waals surface area contributed by atoms with Crippen molar-refractivity contribution in [3.63, 3.8) is 0 Å². The molecule has 0 aliphatic carbocycles. The van der Waals surface area contributed by atoms with Gasteiger partial charge in [0.1, 0.15) is 0 Å². The first-order valence-corrected chi connectivity index (χ1v) is 12.3. The zero-order valence-corrected chi connectivity index (χ0v) is 18.8. The molecule has 7 nitrogen and oxygen atoms in total. The normalized spacial score (nSPS) is 16.4. The van der Waals surface area contributed by atoms with Gasteiger partial charge in [0.05, 0.1) is 9.79 Å². The molecule has 2 aromatic carbocycles. The van der Waals surface area contributed by atoms with Crippen molar-refractivity contribution in [1.82, 2.24) is 8.61 Å². The molecule has 0 unspecified atom stereocenters. The van der Waals surface area contributed by atoms with Crippen LogP contribution in [0.5, 0.6) is 0 Å². The molecule has 1 heterocycles. The lowest BCUT2D eigenvalue weighted by atomic mass is 10.1. The molecule has 0 atom stereocenters. The van der Waals surface area contributed by atoms with Crippen LogP contribution in [0.2, 0.25) is 0 Å². The molecule has 1 aliphatic rings. The molecule has 0 radical (unpaired) electrons. The van der Waals surface area contributed by atoms with Gasteiger partial charge in [-0.25, -0.2) is 21.1 Å². The lowest BCUT2D eigenvalue weighted by molar-refractivity contribution is 0.384. The number of hydrogen-bond donors (Lipinski definition) is 0. The van der Waals surface area contributed by atoms with Crippen LogP contribution in [0.1, 0.15) is 11.1 Å². The van der Waals surface area contributed by atoms with Crippen LogP contribution in [0.15, 0.2) is 52.3 Å². The number of aryl methyl sites for hydroxylation is 1. The Morgan fingerprint density at radius 2 is 1.34 bits per heavy atom. The molecule has 0 N–H and O–H groups in total. The molecule has 0 saturated carbocycles. The number of nitrogens with zero attached hydrogens (tertiary/aromatic N) is 3. The average Bonchev–Trinajstić information content (AvgIpc) is 2.70. The number of rotatable bonds is 5. The van der Waals surface area contributed by atoms with E-state index in [0.29, 0.717) is 26.2 Å². The summed E-state index contributed by atoms with van der Waals surface area (Å²) in [4.78, 5) is 2.39. The number of benzene rings is 2.